The Morgan fingerprint density at radius 1 is 1.38 bits per heavy atom. The van der Waals surface area contributed by atoms with Gasteiger partial charge in [0.25, 0.3) is 5.69 Å². The van der Waals surface area contributed by atoms with Gasteiger partial charge in [-0.15, -0.1) is 0 Å². The number of sulfonamides is 1. The Hall–Kier alpha value is -1.90. The van der Waals surface area contributed by atoms with Crippen LogP contribution in [0.1, 0.15) is 5.56 Å². The van der Waals surface area contributed by atoms with Gasteiger partial charge in [0, 0.05) is 25.2 Å². The average Bonchev–Trinajstić information content (AvgIpc) is 2.91. The molecule has 1 heterocycles. The molecule has 0 N–H and O–H groups in total. The minimum Gasteiger partial charge on any atom is -0.472 e. The highest BCUT2D eigenvalue weighted by Gasteiger charge is 2.25. The Bertz CT molecular complexity index is 758. The number of hydrogen-bond donors (Lipinski definition) is 0. The van der Waals surface area contributed by atoms with Crippen LogP contribution in [-0.4, -0.2) is 24.7 Å². The Morgan fingerprint density at radius 3 is 2.67 bits per heavy atom. The molecule has 1 aromatic carbocycles. The summed E-state index contributed by atoms with van der Waals surface area (Å²) in [6, 6.07) is 5.01. The lowest BCUT2D eigenvalue weighted by Gasteiger charge is -2.16. The highest BCUT2D eigenvalue weighted by atomic mass is 35.5. The van der Waals surface area contributed by atoms with E-state index in [1.165, 1.54) is 31.7 Å². The van der Waals surface area contributed by atoms with E-state index >= 15 is 0 Å². The van der Waals surface area contributed by atoms with Crippen LogP contribution in [0.4, 0.5) is 5.69 Å². The lowest BCUT2D eigenvalue weighted by molar-refractivity contribution is -0.384. The molecular weight excluding hydrogens is 320 g/mol. The van der Waals surface area contributed by atoms with E-state index in [9.17, 15) is 18.5 Å². The van der Waals surface area contributed by atoms with Crippen LogP contribution in [0.5, 0.6) is 0 Å². The maximum Gasteiger partial charge on any atom is 0.289 e. The molecule has 7 nitrogen and oxygen atoms in total. The van der Waals surface area contributed by atoms with Crippen molar-refractivity contribution in [2.45, 2.75) is 11.4 Å². The molecule has 0 fully saturated rings. The number of nitro groups is 1. The monoisotopic (exact) mass is 330 g/mol. The first-order valence-electron chi connectivity index (χ1n) is 5.73. The summed E-state index contributed by atoms with van der Waals surface area (Å²) in [6.45, 7) is 0.0925. The molecule has 21 heavy (non-hydrogen) atoms. The number of nitro benzene ring substituents is 1. The molecule has 2 aromatic rings. The number of hydrogen-bond acceptors (Lipinski definition) is 5. The van der Waals surface area contributed by atoms with E-state index in [0.717, 1.165) is 10.4 Å². The van der Waals surface area contributed by atoms with Gasteiger partial charge in [-0.25, -0.2) is 8.42 Å². The van der Waals surface area contributed by atoms with Crippen LogP contribution in [0, 0.1) is 10.1 Å². The SMILES string of the molecule is CN(Cc1ccoc1)S(=O)(=O)c1ccc(Cl)c([N+](=O)[O-])c1. The third kappa shape index (κ3) is 3.23. The lowest BCUT2D eigenvalue weighted by atomic mass is 10.3. The van der Waals surface area contributed by atoms with Crippen molar-refractivity contribution >= 4 is 27.3 Å². The number of halogens is 1. The van der Waals surface area contributed by atoms with E-state index in [1.54, 1.807) is 6.07 Å². The predicted octanol–water partition coefficient (Wildman–Crippen LogP) is 2.66. The third-order valence-corrected chi connectivity index (χ3v) is 4.93. The predicted molar refractivity (Wildman–Crippen MR) is 75.5 cm³/mol. The zero-order chi connectivity index (χ0) is 15.6. The Kier molecular flexibility index (Phi) is 4.31. The van der Waals surface area contributed by atoms with Crippen molar-refractivity contribution in [3.63, 3.8) is 0 Å². The second-order valence-corrected chi connectivity index (χ2v) is 6.72. The summed E-state index contributed by atoms with van der Waals surface area (Å²) in [4.78, 5) is 9.91. The smallest absolute Gasteiger partial charge is 0.289 e. The average molecular weight is 331 g/mol. The first-order valence-corrected chi connectivity index (χ1v) is 7.55. The highest BCUT2D eigenvalue weighted by Crippen LogP contribution is 2.28. The van der Waals surface area contributed by atoms with Gasteiger partial charge in [0.1, 0.15) is 5.02 Å². The second kappa shape index (κ2) is 5.84. The van der Waals surface area contributed by atoms with Crippen LogP contribution >= 0.6 is 11.6 Å². The largest absolute Gasteiger partial charge is 0.472 e. The van der Waals surface area contributed by atoms with Gasteiger partial charge < -0.3 is 4.42 Å². The summed E-state index contributed by atoms with van der Waals surface area (Å²) >= 11 is 5.67. The molecule has 112 valence electrons. The van der Waals surface area contributed by atoms with Gasteiger partial charge in [-0.1, -0.05) is 11.6 Å². The van der Waals surface area contributed by atoms with E-state index in [4.69, 9.17) is 16.0 Å². The van der Waals surface area contributed by atoms with Crippen molar-refractivity contribution in [2.24, 2.45) is 0 Å². The molecule has 0 unspecified atom stereocenters. The van der Waals surface area contributed by atoms with E-state index < -0.39 is 20.6 Å². The Balaban J connectivity index is 2.35. The zero-order valence-electron chi connectivity index (χ0n) is 10.9. The fraction of sp³-hybridized carbons (Fsp3) is 0.167. The number of furan rings is 1. The summed E-state index contributed by atoms with van der Waals surface area (Å²) in [7, 11) is -2.48. The topological polar surface area (TPSA) is 93.7 Å². The Labute approximate surface area is 125 Å². The molecule has 0 aliphatic heterocycles. The maximum atomic E-state index is 12.4. The molecule has 0 aliphatic carbocycles. The molecule has 0 radical (unpaired) electrons. The molecular formula is C12H11ClN2O5S. The van der Waals surface area contributed by atoms with Crippen LogP contribution in [0.2, 0.25) is 5.02 Å². The van der Waals surface area contributed by atoms with Crippen molar-refractivity contribution in [1.29, 1.82) is 0 Å². The maximum absolute atomic E-state index is 12.4. The number of benzene rings is 1. The number of nitrogens with zero attached hydrogens (tertiary/aromatic N) is 2. The van der Waals surface area contributed by atoms with Gasteiger partial charge >= 0.3 is 0 Å². The van der Waals surface area contributed by atoms with Crippen LogP contribution in [0.3, 0.4) is 0 Å². The molecule has 0 bridgehead atoms. The minimum absolute atomic E-state index is 0.0925. The summed E-state index contributed by atoms with van der Waals surface area (Å²) in [5.41, 5.74) is 0.221. The third-order valence-electron chi connectivity index (χ3n) is 2.81. The number of rotatable bonds is 5. The standard InChI is InChI=1S/C12H11ClN2O5S/c1-14(7-9-4-5-20-8-9)21(18,19)10-2-3-11(13)12(6-10)15(16)17/h2-6,8H,7H2,1H3. The second-order valence-electron chi connectivity index (χ2n) is 4.26. The van der Waals surface area contributed by atoms with Crippen molar-refractivity contribution < 1.29 is 17.8 Å². The molecule has 0 atom stereocenters. The lowest BCUT2D eigenvalue weighted by Crippen LogP contribution is -2.26. The zero-order valence-corrected chi connectivity index (χ0v) is 12.5. The molecule has 0 amide bonds. The van der Waals surface area contributed by atoms with Crippen LogP contribution < -0.4 is 0 Å². The van der Waals surface area contributed by atoms with E-state index in [0.29, 0.717) is 5.56 Å². The molecule has 0 saturated heterocycles. The highest BCUT2D eigenvalue weighted by molar-refractivity contribution is 7.89. The normalized spacial score (nSPS) is 11.8. The van der Waals surface area contributed by atoms with Gasteiger partial charge in [-0.2, -0.15) is 4.31 Å². The van der Waals surface area contributed by atoms with Crippen LogP contribution in [0.15, 0.2) is 46.1 Å². The summed E-state index contributed by atoms with van der Waals surface area (Å²) in [5.74, 6) is 0. The van der Waals surface area contributed by atoms with E-state index in [-0.39, 0.29) is 16.5 Å². The summed E-state index contributed by atoms with van der Waals surface area (Å²) in [6.07, 6.45) is 2.86. The Morgan fingerprint density at radius 2 is 2.10 bits per heavy atom. The van der Waals surface area contributed by atoms with Gasteiger partial charge in [0.15, 0.2) is 0 Å². The summed E-state index contributed by atoms with van der Waals surface area (Å²) < 4.78 is 30.7. The first kappa shape index (κ1) is 15.5. The van der Waals surface area contributed by atoms with Crippen molar-refractivity contribution in [3.8, 4) is 0 Å². The van der Waals surface area contributed by atoms with Gasteiger partial charge in [0.05, 0.1) is 22.3 Å². The fourth-order valence-corrected chi connectivity index (χ4v) is 3.06. The molecule has 0 saturated carbocycles. The van der Waals surface area contributed by atoms with Crippen molar-refractivity contribution in [1.82, 2.24) is 4.31 Å². The molecule has 1 aromatic heterocycles. The molecule has 0 aliphatic rings. The molecule has 9 heteroatoms. The fourth-order valence-electron chi connectivity index (χ4n) is 1.70. The molecule has 2 rings (SSSR count). The first-order chi connectivity index (χ1) is 9.82. The van der Waals surface area contributed by atoms with Gasteiger partial charge in [-0.05, 0) is 18.2 Å². The van der Waals surface area contributed by atoms with Crippen LogP contribution in [-0.2, 0) is 16.6 Å². The van der Waals surface area contributed by atoms with E-state index in [2.05, 4.69) is 0 Å². The van der Waals surface area contributed by atoms with E-state index in [1.807, 2.05) is 0 Å². The van der Waals surface area contributed by atoms with Gasteiger partial charge in [0.2, 0.25) is 10.0 Å². The van der Waals surface area contributed by atoms with Crippen molar-refractivity contribution in [2.75, 3.05) is 7.05 Å². The van der Waals surface area contributed by atoms with Crippen LogP contribution in [0.25, 0.3) is 0 Å². The minimum atomic E-state index is -3.86. The quantitative estimate of drug-likeness (QED) is 0.620. The van der Waals surface area contributed by atoms with Crippen molar-refractivity contribution in [3.05, 3.63) is 57.5 Å². The summed E-state index contributed by atoms with van der Waals surface area (Å²) in [5, 5.41) is 10.7. The molecule has 0 spiro atoms. The van der Waals surface area contributed by atoms with Gasteiger partial charge in [-0.3, -0.25) is 10.1 Å².